The lowest BCUT2D eigenvalue weighted by Crippen LogP contribution is -2.59. The zero-order valence-corrected chi connectivity index (χ0v) is 43.7. The number of benzene rings is 3. The average molecular weight is 1020 g/mol. The number of hydroxylamine groups is 4. The predicted octanol–water partition coefficient (Wildman–Crippen LogP) is 4.72. The Labute approximate surface area is 423 Å². The van der Waals surface area contributed by atoms with Crippen LogP contribution in [0.3, 0.4) is 0 Å². The number of nitrogens with one attached hydrogen (secondary N) is 4. The lowest BCUT2D eigenvalue weighted by atomic mass is 10.1. The van der Waals surface area contributed by atoms with Gasteiger partial charge < -0.3 is 40.9 Å². The van der Waals surface area contributed by atoms with Crippen LogP contribution in [0.1, 0.15) is 90.3 Å². The van der Waals surface area contributed by atoms with Crippen LogP contribution in [0.15, 0.2) is 91.0 Å². The number of primary amides is 1. The smallest absolute Gasteiger partial charge is 0.408 e. The molecule has 4 atom stereocenters. The molecular formula is C51H73N7O13Si. The largest absolute Gasteiger partial charge is 0.459 e. The number of nitrogens with two attached hydrogens (primary N) is 1. The van der Waals surface area contributed by atoms with Crippen molar-refractivity contribution in [3.8, 4) is 0 Å². The molecule has 21 heteroatoms. The first-order valence-corrected chi connectivity index (χ1v) is 26.7. The van der Waals surface area contributed by atoms with Crippen molar-refractivity contribution in [3.05, 3.63) is 108 Å². The van der Waals surface area contributed by atoms with Gasteiger partial charge in [0.15, 0.2) is 8.32 Å². The molecule has 20 nitrogen and oxygen atoms in total. The van der Waals surface area contributed by atoms with Crippen molar-refractivity contribution in [2.45, 2.75) is 141 Å². The Balaban J connectivity index is 1.90. The minimum absolute atomic E-state index is 0.0149. The van der Waals surface area contributed by atoms with Gasteiger partial charge in [-0.05, 0) is 81.3 Å². The van der Waals surface area contributed by atoms with E-state index in [1.807, 2.05) is 94.5 Å². The molecule has 394 valence electrons. The molecule has 0 saturated heterocycles. The predicted molar refractivity (Wildman–Crippen MR) is 269 cm³/mol. The summed E-state index contributed by atoms with van der Waals surface area (Å²) in [5.41, 5.74) is 6.93. The second-order valence-electron chi connectivity index (χ2n) is 19.5. The molecule has 0 fully saturated rings. The molecule has 0 saturated carbocycles. The van der Waals surface area contributed by atoms with E-state index in [2.05, 4.69) is 21.3 Å². The maximum absolute atomic E-state index is 14.4. The average Bonchev–Trinajstić information content (AvgIpc) is 3.32. The van der Waals surface area contributed by atoms with Crippen molar-refractivity contribution in [1.29, 1.82) is 0 Å². The minimum Gasteiger partial charge on any atom is -0.459 e. The summed E-state index contributed by atoms with van der Waals surface area (Å²) in [6.07, 6.45) is -0.731. The third kappa shape index (κ3) is 22.6. The third-order valence-corrected chi connectivity index (χ3v) is 15.9. The summed E-state index contributed by atoms with van der Waals surface area (Å²) < 4.78 is 17.4. The normalized spacial score (nSPS) is 13.2. The van der Waals surface area contributed by atoms with Gasteiger partial charge in [0, 0.05) is 13.1 Å². The molecule has 0 heterocycles. The van der Waals surface area contributed by atoms with Crippen LogP contribution in [0.2, 0.25) is 18.1 Å². The molecular weight excluding hydrogens is 947 g/mol. The Hall–Kier alpha value is -6.68. The topological polar surface area (TPSA) is 263 Å². The fourth-order valence-corrected chi connectivity index (χ4v) is 7.39. The first kappa shape index (κ1) is 59.6. The van der Waals surface area contributed by atoms with Crippen LogP contribution in [0.25, 0.3) is 0 Å². The van der Waals surface area contributed by atoms with Crippen molar-refractivity contribution >= 4 is 56.8 Å². The van der Waals surface area contributed by atoms with Gasteiger partial charge in [-0.25, -0.2) is 19.7 Å². The molecule has 7 amide bonds. The number of hydrogen-bond acceptors (Lipinski definition) is 13. The van der Waals surface area contributed by atoms with Gasteiger partial charge in [0.25, 0.3) is 0 Å². The summed E-state index contributed by atoms with van der Waals surface area (Å²) in [6, 6.07) is 21.2. The van der Waals surface area contributed by atoms with E-state index >= 15 is 0 Å². The van der Waals surface area contributed by atoms with Crippen LogP contribution in [0.4, 0.5) is 4.79 Å². The molecule has 3 aromatic rings. The van der Waals surface area contributed by atoms with Crippen molar-refractivity contribution in [2.24, 2.45) is 5.73 Å². The fourth-order valence-electron chi connectivity index (χ4n) is 6.38. The van der Waals surface area contributed by atoms with E-state index in [-0.39, 0.29) is 70.2 Å². The maximum Gasteiger partial charge on any atom is 0.408 e. The molecule has 3 aromatic carbocycles. The van der Waals surface area contributed by atoms with Crippen molar-refractivity contribution in [1.82, 2.24) is 31.4 Å². The lowest BCUT2D eigenvalue weighted by Gasteiger charge is -2.37. The van der Waals surface area contributed by atoms with E-state index in [1.165, 1.54) is 0 Å². The summed E-state index contributed by atoms with van der Waals surface area (Å²) in [5, 5.41) is 12.1. The summed E-state index contributed by atoms with van der Waals surface area (Å²) in [7, 11) is -2.52. The van der Waals surface area contributed by atoms with E-state index in [9.17, 15) is 38.4 Å². The number of alkyl carbamates (subject to hydrolysis) is 1. The molecule has 72 heavy (non-hydrogen) atoms. The van der Waals surface area contributed by atoms with Gasteiger partial charge in [-0.3, -0.25) is 38.4 Å². The molecule has 0 aromatic heterocycles. The standard InChI is InChI=1S/C51H73N7O13Si/c1-50(2,3)71-49(66)56-43(34-70-72(7,8)51(4,5)6)47(64)53-40(26-18-28-57(35-59)68-32-38-22-14-10-15-23-38)45(62)55-42(30-44(52)61)46(63)54-41(48(65)67-31-37-20-12-9-13-21-37)27-19-29-58(36-60)69-33-39-24-16-11-17-25-39/h9-17,20-25,35-36,40-43H,18-19,26-34H2,1-8H3,(H2,52,61)(H,53,64)(H,54,63)(H,55,62)(H,56,66)/t40-,41-,42+,43+/m0/s1. The van der Waals surface area contributed by atoms with Crippen LogP contribution < -0.4 is 27.0 Å². The minimum atomic E-state index is -2.52. The number of carbonyl (C=O) groups is 8. The number of carbonyl (C=O) groups excluding carboxylic acids is 8. The molecule has 0 spiro atoms. The lowest BCUT2D eigenvalue weighted by molar-refractivity contribution is -0.178. The quantitative estimate of drug-likeness (QED) is 0.0253. The number of ether oxygens (including phenoxy) is 2. The van der Waals surface area contributed by atoms with Crippen molar-refractivity contribution < 1.29 is 61.9 Å². The van der Waals surface area contributed by atoms with Gasteiger partial charge in [0.1, 0.15) is 49.6 Å². The Kier molecular flexibility index (Phi) is 24.5. The zero-order valence-electron chi connectivity index (χ0n) is 42.7. The summed E-state index contributed by atoms with van der Waals surface area (Å²) in [5.74, 6) is -4.62. The van der Waals surface area contributed by atoms with E-state index < -0.39 is 80.2 Å². The third-order valence-electron chi connectivity index (χ3n) is 11.4. The molecule has 0 bridgehead atoms. The molecule has 0 radical (unpaired) electrons. The van der Waals surface area contributed by atoms with Crippen LogP contribution in [-0.2, 0) is 77.0 Å². The van der Waals surface area contributed by atoms with Crippen LogP contribution in [-0.4, -0.2) is 116 Å². The Bertz CT molecular complexity index is 2190. The Morgan fingerprint density at radius 1 is 0.597 bits per heavy atom. The highest BCUT2D eigenvalue weighted by molar-refractivity contribution is 6.74. The van der Waals surface area contributed by atoms with Crippen molar-refractivity contribution in [3.63, 3.8) is 0 Å². The fraction of sp³-hybridized carbons (Fsp3) is 0.490. The van der Waals surface area contributed by atoms with Gasteiger partial charge in [0.2, 0.25) is 36.4 Å². The second kappa shape index (κ2) is 29.6. The van der Waals surface area contributed by atoms with E-state index in [4.69, 9.17) is 29.3 Å². The SMILES string of the molecule is CC(C)(C)OC(=O)N[C@H](CO[Si](C)(C)C(C)(C)C)C(=O)N[C@@H](CCCN(C=O)OCc1ccccc1)C(=O)N[C@H](CC(N)=O)C(=O)N[C@@H](CCCN(C=O)OCc1ccccc1)C(=O)OCc1ccccc1. The Morgan fingerprint density at radius 2 is 1.01 bits per heavy atom. The molecule has 3 rings (SSSR count). The van der Waals surface area contributed by atoms with E-state index in [1.54, 1.807) is 51.1 Å². The molecule has 6 N–H and O–H groups in total. The monoisotopic (exact) mass is 1020 g/mol. The molecule has 0 aliphatic carbocycles. The highest BCUT2D eigenvalue weighted by Crippen LogP contribution is 2.36. The summed E-state index contributed by atoms with van der Waals surface area (Å²) >= 11 is 0. The zero-order chi connectivity index (χ0) is 53.3. The maximum atomic E-state index is 14.4. The molecule has 0 aliphatic heterocycles. The van der Waals surface area contributed by atoms with Crippen LogP contribution in [0, 0.1) is 0 Å². The second-order valence-corrected chi connectivity index (χ2v) is 24.3. The van der Waals surface area contributed by atoms with Crippen molar-refractivity contribution in [2.75, 3.05) is 19.7 Å². The molecule has 0 unspecified atom stereocenters. The van der Waals surface area contributed by atoms with Crippen LogP contribution >= 0.6 is 0 Å². The number of nitrogens with zero attached hydrogens (tertiary/aromatic N) is 2. The Morgan fingerprint density at radius 3 is 1.46 bits per heavy atom. The molecule has 0 aliphatic rings. The number of hydrogen-bond donors (Lipinski definition) is 5. The van der Waals surface area contributed by atoms with Gasteiger partial charge in [-0.1, -0.05) is 112 Å². The first-order chi connectivity index (χ1) is 34.0. The highest BCUT2D eigenvalue weighted by atomic mass is 28.4. The van der Waals surface area contributed by atoms with Crippen LogP contribution in [0.5, 0.6) is 0 Å². The van der Waals surface area contributed by atoms with Gasteiger partial charge in [-0.2, -0.15) is 0 Å². The highest BCUT2D eigenvalue weighted by Gasteiger charge is 2.39. The first-order valence-electron chi connectivity index (χ1n) is 23.8. The summed E-state index contributed by atoms with van der Waals surface area (Å²) in [4.78, 5) is 117. The van der Waals surface area contributed by atoms with E-state index in [0.29, 0.717) is 18.4 Å². The summed E-state index contributed by atoms with van der Waals surface area (Å²) in [6.45, 7) is 14.6. The van der Waals surface area contributed by atoms with Gasteiger partial charge >= 0.3 is 12.1 Å². The van der Waals surface area contributed by atoms with E-state index in [0.717, 1.165) is 21.3 Å². The number of amides is 7. The van der Waals surface area contributed by atoms with Gasteiger partial charge in [0.05, 0.1) is 13.0 Å². The number of rotatable bonds is 31. The van der Waals surface area contributed by atoms with Gasteiger partial charge in [-0.15, -0.1) is 0 Å². The number of esters is 1.